The Morgan fingerprint density at radius 3 is 2.95 bits per heavy atom. The molecule has 0 amide bonds. The van der Waals surface area contributed by atoms with Crippen LogP contribution >= 0.6 is 11.8 Å². The molecule has 3 aliphatic rings. The zero-order valence-electron chi connectivity index (χ0n) is 12.3. The van der Waals surface area contributed by atoms with Gasteiger partial charge in [0.15, 0.2) is 0 Å². The topological polar surface area (TPSA) is 30.5 Å². The second-order valence-corrected chi connectivity index (χ2v) is 7.63. The summed E-state index contributed by atoms with van der Waals surface area (Å²) in [5.74, 6) is 3.55. The van der Waals surface area contributed by atoms with Gasteiger partial charge in [-0.05, 0) is 43.3 Å². The number of hydrogen-bond acceptors (Lipinski definition) is 4. The van der Waals surface area contributed by atoms with E-state index in [1.54, 1.807) is 0 Å². The summed E-state index contributed by atoms with van der Waals surface area (Å²) in [6, 6.07) is 9.31. The third-order valence-corrected chi connectivity index (χ3v) is 6.02. The van der Waals surface area contributed by atoms with Crippen LogP contribution in [0.25, 0.3) is 0 Å². The zero-order valence-corrected chi connectivity index (χ0v) is 13.2. The van der Waals surface area contributed by atoms with E-state index in [-0.39, 0.29) is 5.60 Å². The van der Waals surface area contributed by atoms with Gasteiger partial charge in [-0.15, -0.1) is 0 Å². The Labute approximate surface area is 130 Å². The average molecular weight is 305 g/mol. The SMILES string of the molecule is c1ccc2c(c1)OCC2NC1CCOC2(CCSCC2)C1. The summed E-state index contributed by atoms with van der Waals surface area (Å²) in [6.07, 6.45) is 4.71. The van der Waals surface area contributed by atoms with E-state index in [2.05, 4.69) is 35.3 Å². The summed E-state index contributed by atoms with van der Waals surface area (Å²) in [5.41, 5.74) is 1.47. The highest BCUT2D eigenvalue weighted by molar-refractivity contribution is 7.99. The molecule has 2 saturated heterocycles. The smallest absolute Gasteiger partial charge is 0.124 e. The normalized spacial score (nSPS) is 30.9. The fraction of sp³-hybridized carbons (Fsp3) is 0.647. The Hall–Kier alpha value is -0.710. The molecule has 21 heavy (non-hydrogen) atoms. The summed E-state index contributed by atoms with van der Waals surface area (Å²) < 4.78 is 12.0. The molecule has 2 atom stereocenters. The molecule has 0 aliphatic carbocycles. The summed E-state index contributed by atoms with van der Waals surface area (Å²) in [5, 5.41) is 3.83. The van der Waals surface area contributed by atoms with E-state index in [9.17, 15) is 0 Å². The van der Waals surface area contributed by atoms with Crippen molar-refractivity contribution in [3.8, 4) is 5.75 Å². The molecule has 3 heterocycles. The molecule has 1 aromatic carbocycles. The molecule has 0 aromatic heterocycles. The number of benzene rings is 1. The van der Waals surface area contributed by atoms with Gasteiger partial charge < -0.3 is 14.8 Å². The standard InChI is InChI=1S/C17H23NO2S/c1-2-4-16-14(3-1)15(12-19-16)18-13-5-8-20-17(11-13)6-9-21-10-7-17/h1-4,13,15,18H,5-12H2. The molecule has 3 aliphatic heterocycles. The Kier molecular flexibility index (Phi) is 3.86. The van der Waals surface area contributed by atoms with Gasteiger partial charge in [-0.3, -0.25) is 0 Å². The van der Waals surface area contributed by atoms with E-state index in [1.165, 1.54) is 29.9 Å². The Morgan fingerprint density at radius 2 is 2.05 bits per heavy atom. The van der Waals surface area contributed by atoms with Gasteiger partial charge in [-0.25, -0.2) is 0 Å². The molecule has 4 heteroatoms. The maximum atomic E-state index is 6.19. The lowest BCUT2D eigenvalue weighted by Crippen LogP contribution is -2.49. The molecule has 114 valence electrons. The summed E-state index contributed by atoms with van der Waals surface area (Å²) >= 11 is 2.07. The monoisotopic (exact) mass is 305 g/mol. The van der Waals surface area contributed by atoms with Crippen molar-refractivity contribution in [2.24, 2.45) is 0 Å². The number of fused-ring (bicyclic) bond motifs is 1. The molecule has 0 saturated carbocycles. The number of hydrogen-bond donors (Lipinski definition) is 1. The van der Waals surface area contributed by atoms with Gasteiger partial charge >= 0.3 is 0 Å². The van der Waals surface area contributed by atoms with Gasteiger partial charge in [-0.1, -0.05) is 18.2 Å². The lowest BCUT2D eigenvalue weighted by molar-refractivity contribution is -0.0944. The number of rotatable bonds is 2. The Balaban J connectivity index is 1.43. The second kappa shape index (κ2) is 5.82. The van der Waals surface area contributed by atoms with Crippen LogP contribution in [0.3, 0.4) is 0 Å². The van der Waals surface area contributed by atoms with Crippen molar-refractivity contribution in [1.82, 2.24) is 5.32 Å². The van der Waals surface area contributed by atoms with Crippen LogP contribution in [0.4, 0.5) is 0 Å². The van der Waals surface area contributed by atoms with Crippen molar-refractivity contribution < 1.29 is 9.47 Å². The van der Waals surface area contributed by atoms with Gasteiger partial charge in [0.25, 0.3) is 0 Å². The van der Waals surface area contributed by atoms with Crippen molar-refractivity contribution in [2.75, 3.05) is 24.7 Å². The summed E-state index contributed by atoms with van der Waals surface area (Å²) in [4.78, 5) is 0. The highest BCUT2D eigenvalue weighted by Crippen LogP contribution is 2.39. The van der Waals surface area contributed by atoms with Crippen LogP contribution in [-0.4, -0.2) is 36.4 Å². The first-order valence-electron chi connectivity index (χ1n) is 8.04. The first-order chi connectivity index (χ1) is 10.3. The fourth-order valence-electron chi connectivity index (χ4n) is 3.85. The number of ether oxygens (including phenoxy) is 2. The number of nitrogens with one attached hydrogen (secondary N) is 1. The Bertz CT molecular complexity index is 496. The molecule has 1 aromatic rings. The molecule has 0 bridgehead atoms. The van der Waals surface area contributed by atoms with E-state index in [4.69, 9.17) is 9.47 Å². The predicted octanol–water partition coefficient (Wildman–Crippen LogP) is 3.15. The number of para-hydroxylation sites is 1. The zero-order chi connectivity index (χ0) is 14.1. The van der Waals surface area contributed by atoms with Gasteiger partial charge in [0, 0.05) is 18.2 Å². The van der Waals surface area contributed by atoms with Crippen LogP contribution in [-0.2, 0) is 4.74 Å². The highest BCUT2D eigenvalue weighted by Gasteiger charge is 2.39. The highest BCUT2D eigenvalue weighted by atomic mass is 32.2. The van der Waals surface area contributed by atoms with Crippen LogP contribution in [0.1, 0.15) is 37.3 Å². The molecule has 1 N–H and O–H groups in total. The third kappa shape index (κ3) is 2.81. The lowest BCUT2D eigenvalue weighted by Gasteiger charge is -2.44. The molecule has 0 radical (unpaired) electrons. The molecular formula is C17H23NO2S. The van der Waals surface area contributed by atoms with Crippen molar-refractivity contribution in [2.45, 2.75) is 43.4 Å². The molecule has 2 fully saturated rings. The average Bonchev–Trinajstić information content (AvgIpc) is 2.92. The van der Waals surface area contributed by atoms with Gasteiger partial charge in [-0.2, -0.15) is 11.8 Å². The van der Waals surface area contributed by atoms with E-state index in [1.807, 2.05) is 6.07 Å². The van der Waals surface area contributed by atoms with Crippen molar-refractivity contribution >= 4 is 11.8 Å². The first kappa shape index (κ1) is 13.9. The number of thioether (sulfide) groups is 1. The van der Waals surface area contributed by atoms with E-state index in [0.29, 0.717) is 12.1 Å². The maximum Gasteiger partial charge on any atom is 0.124 e. The minimum atomic E-state index is 0.153. The largest absolute Gasteiger partial charge is 0.491 e. The van der Waals surface area contributed by atoms with Crippen molar-refractivity contribution in [1.29, 1.82) is 0 Å². The van der Waals surface area contributed by atoms with Crippen LogP contribution in [0.15, 0.2) is 24.3 Å². The van der Waals surface area contributed by atoms with Crippen LogP contribution in [0.2, 0.25) is 0 Å². The van der Waals surface area contributed by atoms with Crippen LogP contribution in [0, 0.1) is 0 Å². The van der Waals surface area contributed by atoms with E-state index < -0.39 is 0 Å². The van der Waals surface area contributed by atoms with Crippen molar-refractivity contribution in [3.05, 3.63) is 29.8 Å². The third-order valence-electron chi connectivity index (χ3n) is 5.03. The molecule has 3 nitrogen and oxygen atoms in total. The predicted molar refractivity (Wildman–Crippen MR) is 86.1 cm³/mol. The van der Waals surface area contributed by atoms with E-state index >= 15 is 0 Å². The molecular weight excluding hydrogens is 282 g/mol. The van der Waals surface area contributed by atoms with Crippen LogP contribution < -0.4 is 10.1 Å². The molecule has 1 spiro atoms. The second-order valence-electron chi connectivity index (χ2n) is 6.40. The quantitative estimate of drug-likeness (QED) is 0.909. The first-order valence-corrected chi connectivity index (χ1v) is 9.20. The van der Waals surface area contributed by atoms with E-state index in [0.717, 1.165) is 31.8 Å². The fourth-order valence-corrected chi connectivity index (χ4v) is 5.08. The maximum absolute atomic E-state index is 6.19. The Morgan fingerprint density at radius 1 is 1.19 bits per heavy atom. The minimum Gasteiger partial charge on any atom is -0.491 e. The minimum absolute atomic E-state index is 0.153. The molecule has 2 unspecified atom stereocenters. The molecule has 4 rings (SSSR count). The van der Waals surface area contributed by atoms with Gasteiger partial charge in [0.2, 0.25) is 0 Å². The van der Waals surface area contributed by atoms with Crippen LogP contribution in [0.5, 0.6) is 5.75 Å². The summed E-state index contributed by atoms with van der Waals surface area (Å²) in [6.45, 7) is 1.66. The van der Waals surface area contributed by atoms with Crippen molar-refractivity contribution in [3.63, 3.8) is 0 Å². The van der Waals surface area contributed by atoms with Gasteiger partial charge in [0.1, 0.15) is 12.4 Å². The lowest BCUT2D eigenvalue weighted by atomic mass is 9.85. The summed E-state index contributed by atoms with van der Waals surface area (Å²) in [7, 11) is 0. The van der Waals surface area contributed by atoms with Gasteiger partial charge in [0.05, 0.1) is 11.6 Å².